The number of benzene rings is 1. The molecule has 0 fully saturated rings. The van der Waals surface area contributed by atoms with E-state index in [2.05, 4.69) is 4.98 Å². The molecule has 1 heterocycles. The Balaban J connectivity index is 2.72. The van der Waals surface area contributed by atoms with E-state index in [1.807, 2.05) is 6.92 Å². The Bertz CT molecular complexity index is 791. The molecule has 1 aromatic heterocycles. The number of primary amides is 1. The number of carbonyl (C=O) groups is 1. The summed E-state index contributed by atoms with van der Waals surface area (Å²) < 4.78 is 24.8. The molecule has 2 rings (SSSR count). The third-order valence-corrected chi connectivity index (χ3v) is 4.03. The van der Waals surface area contributed by atoms with Crippen LogP contribution in [0.5, 0.6) is 0 Å². The molecule has 0 bridgehead atoms. The predicted molar refractivity (Wildman–Crippen MR) is 74.7 cm³/mol. The smallest absolute Gasteiger partial charge is 0.250 e. The number of imidazole rings is 1. The van der Waals surface area contributed by atoms with E-state index >= 15 is 0 Å². The normalized spacial score (nSPS) is 11.6. The van der Waals surface area contributed by atoms with Crippen molar-refractivity contribution in [1.82, 2.24) is 9.55 Å². The van der Waals surface area contributed by atoms with Crippen LogP contribution in [0.15, 0.2) is 29.3 Å². The van der Waals surface area contributed by atoms with Gasteiger partial charge in [0.1, 0.15) is 5.82 Å². The number of rotatable bonds is 3. The lowest BCUT2D eigenvalue weighted by molar-refractivity contribution is 0.1000. The molecule has 106 valence electrons. The third kappa shape index (κ3) is 2.57. The molecular weight excluding hydrogens is 278 g/mol. The number of hydrogen-bond acceptors (Lipinski definition) is 4. The van der Waals surface area contributed by atoms with E-state index in [1.54, 1.807) is 23.8 Å². The molecule has 20 heavy (non-hydrogen) atoms. The first kappa shape index (κ1) is 14.3. The zero-order chi connectivity index (χ0) is 15.1. The summed E-state index contributed by atoms with van der Waals surface area (Å²) in [7, 11) is -3.40. The Morgan fingerprint density at radius 1 is 1.30 bits per heavy atom. The Morgan fingerprint density at radius 2 is 1.95 bits per heavy atom. The Hall–Kier alpha value is -2.15. The lowest BCUT2D eigenvalue weighted by Gasteiger charge is -2.11. The van der Waals surface area contributed by atoms with Crippen LogP contribution in [0.2, 0.25) is 0 Å². The maximum Gasteiger partial charge on any atom is 0.250 e. The molecule has 2 N–H and O–H groups in total. The first-order valence-corrected chi connectivity index (χ1v) is 7.76. The van der Waals surface area contributed by atoms with E-state index in [4.69, 9.17) is 5.73 Å². The number of aryl methyl sites for hydroxylation is 2. The van der Waals surface area contributed by atoms with Crippen molar-refractivity contribution in [2.24, 2.45) is 5.73 Å². The van der Waals surface area contributed by atoms with Gasteiger partial charge in [0.15, 0.2) is 9.84 Å². The van der Waals surface area contributed by atoms with E-state index in [0.29, 0.717) is 11.5 Å². The maximum absolute atomic E-state index is 11.6. The fourth-order valence-corrected chi connectivity index (χ4v) is 2.66. The van der Waals surface area contributed by atoms with Gasteiger partial charge >= 0.3 is 0 Å². The fourth-order valence-electron chi connectivity index (χ4n) is 2.02. The zero-order valence-corrected chi connectivity index (χ0v) is 12.2. The van der Waals surface area contributed by atoms with Crippen LogP contribution in [-0.4, -0.2) is 30.1 Å². The second-order valence-electron chi connectivity index (χ2n) is 4.61. The van der Waals surface area contributed by atoms with Gasteiger partial charge in [-0.05, 0) is 32.0 Å². The number of nitrogens with zero attached hydrogens (tertiary/aromatic N) is 2. The summed E-state index contributed by atoms with van der Waals surface area (Å²) in [4.78, 5) is 15.9. The molecule has 0 saturated heterocycles. The molecule has 0 aliphatic heterocycles. The quantitative estimate of drug-likeness (QED) is 0.913. The van der Waals surface area contributed by atoms with E-state index in [1.165, 1.54) is 12.1 Å². The Labute approximate surface area is 117 Å². The topological polar surface area (TPSA) is 95.0 Å². The molecule has 0 unspecified atom stereocenters. The molecule has 1 aromatic carbocycles. The third-order valence-electron chi connectivity index (χ3n) is 2.92. The minimum absolute atomic E-state index is 0.0598. The minimum Gasteiger partial charge on any atom is -0.366 e. The van der Waals surface area contributed by atoms with Crippen LogP contribution < -0.4 is 5.73 Å². The average molecular weight is 293 g/mol. The summed E-state index contributed by atoms with van der Waals surface area (Å²) in [6.07, 6.45) is 2.84. The van der Waals surface area contributed by atoms with E-state index < -0.39 is 15.7 Å². The van der Waals surface area contributed by atoms with Gasteiger partial charge in [0.2, 0.25) is 0 Å². The maximum atomic E-state index is 11.6. The molecule has 0 atom stereocenters. The van der Waals surface area contributed by atoms with Crippen LogP contribution in [0.25, 0.3) is 5.69 Å². The molecule has 0 radical (unpaired) electrons. The van der Waals surface area contributed by atoms with Crippen molar-refractivity contribution in [3.8, 4) is 5.69 Å². The molecule has 0 aliphatic carbocycles. The Morgan fingerprint density at radius 3 is 2.40 bits per heavy atom. The van der Waals surface area contributed by atoms with Gasteiger partial charge in [0.05, 0.1) is 21.8 Å². The van der Waals surface area contributed by atoms with Gasteiger partial charge in [-0.1, -0.05) is 0 Å². The standard InChI is InChI=1S/C13H15N3O3S/c1-8-7-16(9(2)15-8)12-5-4-10(20(3,18)19)6-11(12)13(14)17/h4-7H,1-3H3,(H2,14,17). The summed E-state index contributed by atoms with van der Waals surface area (Å²) in [6.45, 7) is 3.63. The number of hydrogen-bond donors (Lipinski definition) is 1. The van der Waals surface area contributed by atoms with Gasteiger partial charge in [-0.2, -0.15) is 0 Å². The molecule has 0 aliphatic rings. The van der Waals surface area contributed by atoms with Crippen molar-refractivity contribution in [2.45, 2.75) is 18.7 Å². The van der Waals surface area contributed by atoms with Gasteiger partial charge in [-0.3, -0.25) is 4.79 Å². The first-order chi connectivity index (χ1) is 9.20. The number of sulfone groups is 1. The van der Waals surface area contributed by atoms with Gasteiger partial charge in [-0.25, -0.2) is 13.4 Å². The monoisotopic (exact) mass is 293 g/mol. The number of nitrogens with two attached hydrogens (primary N) is 1. The second-order valence-corrected chi connectivity index (χ2v) is 6.63. The second kappa shape index (κ2) is 4.75. The number of carbonyl (C=O) groups excluding carboxylic acids is 1. The number of aromatic nitrogens is 2. The molecule has 2 aromatic rings. The number of amides is 1. The van der Waals surface area contributed by atoms with Crippen LogP contribution in [0, 0.1) is 13.8 Å². The SMILES string of the molecule is Cc1cn(-c2ccc(S(C)(=O)=O)cc2C(N)=O)c(C)n1. The summed E-state index contributed by atoms with van der Waals surface area (Å²) in [5.41, 5.74) is 6.81. The van der Waals surface area contributed by atoms with Crippen LogP contribution in [0.4, 0.5) is 0 Å². The predicted octanol–water partition coefficient (Wildman–Crippen LogP) is 0.992. The summed E-state index contributed by atoms with van der Waals surface area (Å²) in [5, 5.41) is 0. The van der Waals surface area contributed by atoms with E-state index in [9.17, 15) is 13.2 Å². The van der Waals surface area contributed by atoms with Gasteiger partial charge in [0.25, 0.3) is 5.91 Å². The van der Waals surface area contributed by atoms with Crippen molar-refractivity contribution in [3.63, 3.8) is 0 Å². The average Bonchev–Trinajstić information content (AvgIpc) is 2.66. The van der Waals surface area contributed by atoms with Crippen molar-refractivity contribution in [3.05, 3.63) is 41.5 Å². The molecule has 1 amide bonds. The summed E-state index contributed by atoms with van der Waals surface area (Å²) in [6, 6.07) is 4.30. The summed E-state index contributed by atoms with van der Waals surface area (Å²) in [5.74, 6) is 0.00774. The van der Waals surface area contributed by atoms with Crippen molar-refractivity contribution >= 4 is 15.7 Å². The highest BCUT2D eigenvalue weighted by molar-refractivity contribution is 7.90. The first-order valence-electron chi connectivity index (χ1n) is 5.87. The van der Waals surface area contributed by atoms with Crippen molar-refractivity contribution in [2.75, 3.05) is 6.26 Å². The summed E-state index contributed by atoms with van der Waals surface area (Å²) >= 11 is 0. The van der Waals surface area contributed by atoms with Gasteiger partial charge in [-0.15, -0.1) is 0 Å². The van der Waals surface area contributed by atoms with Crippen LogP contribution in [0.3, 0.4) is 0 Å². The van der Waals surface area contributed by atoms with Gasteiger partial charge in [0, 0.05) is 12.5 Å². The largest absolute Gasteiger partial charge is 0.366 e. The van der Waals surface area contributed by atoms with Crippen LogP contribution >= 0.6 is 0 Å². The molecule has 0 saturated carbocycles. The Kier molecular flexibility index (Phi) is 3.39. The van der Waals surface area contributed by atoms with Crippen molar-refractivity contribution in [1.29, 1.82) is 0 Å². The van der Waals surface area contributed by atoms with Gasteiger partial charge < -0.3 is 10.3 Å². The van der Waals surface area contributed by atoms with E-state index in [0.717, 1.165) is 11.9 Å². The highest BCUT2D eigenvalue weighted by atomic mass is 32.2. The fraction of sp³-hybridized carbons (Fsp3) is 0.231. The molecule has 6 nitrogen and oxygen atoms in total. The highest BCUT2D eigenvalue weighted by Crippen LogP contribution is 2.21. The van der Waals surface area contributed by atoms with Crippen LogP contribution in [-0.2, 0) is 9.84 Å². The van der Waals surface area contributed by atoms with Crippen molar-refractivity contribution < 1.29 is 13.2 Å². The van der Waals surface area contributed by atoms with E-state index in [-0.39, 0.29) is 10.5 Å². The lowest BCUT2D eigenvalue weighted by atomic mass is 10.1. The zero-order valence-electron chi connectivity index (χ0n) is 11.4. The lowest BCUT2D eigenvalue weighted by Crippen LogP contribution is -2.16. The molecule has 0 spiro atoms. The highest BCUT2D eigenvalue weighted by Gasteiger charge is 2.16. The molecule has 7 heteroatoms. The van der Waals surface area contributed by atoms with Crippen LogP contribution in [0.1, 0.15) is 21.9 Å². The molecular formula is C13H15N3O3S. The minimum atomic E-state index is -3.40.